The molecule has 2 rings (SSSR count). The lowest BCUT2D eigenvalue weighted by Gasteiger charge is -2.40. The minimum atomic E-state index is -0.919. The first-order valence-corrected chi connectivity index (χ1v) is 6.69. The zero-order valence-corrected chi connectivity index (χ0v) is 11.6. The molecule has 104 valence electrons. The molecule has 1 heterocycles. The number of amides is 1. The Labute approximate surface area is 114 Å². The maximum Gasteiger partial charge on any atom is 0.255 e. The fraction of sp³-hybridized carbons (Fsp3) is 0.533. The number of rotatable bonds is 3. The van der Waals surface area contributed by atoms with Crippen molar-refractivity contribution in [3.05, 3.63) is 35.9 Å². The van der Waals surface area contributed by atoms with E-state index >= 15 is 0 Å². The van der Waals surface area contributed by atoms with Gasteiger partial charge >= 0.3 is 0 Å². The van der Waals surface area contributed by atoms with Crippen LogP contribution in [-0.2, 0) is 9.53 Å². The van der Waals surface area contributed by atoms with Gasteiger partial charge in [-0.2, -0.15) is 0 Å². The van der Waals surface area contributed by atoms with Crippen LogP contribution in [0.3, 0.4) is 0 Å². The van der Waals surface area contributed by atoms with Crippen molar-refractivity contribution in [2.45, 2.75) is 45.1 Å². The van der Waals surface area contributed by atoms with Crippen molar-refractivity contribution in [2.75, 3.05) is 6.54 Å². The van der Waals surface area contributed by atoms with Gasteiger partial charge in [0.05, 0.1) is 6.10 Å². The summed E-state index contributed by atoms with van der Waals surface area (Å²) in [6.07, 6.45) is -1.80. The molecule has 1 aliphatic rings. The maximum absolute atomic E-state index is 12.4. The standard InChI is InChI=1S/C15H21NO3/c1-10(2)16-9-11(3)19-14(15(16)18)13(17)12-7-5-4-6-8-12/h4-8,10-11,13-14,17H,9H2,1-3H3. The summed E-state index contributed by atoms with van der Waals surface area (Å²) in [4.78, 5) is 14.1. The Morgan fingerprint density at radius 1 is 1.32 bits per heavy atom. The van der Waals surface area contributed by atoms with Crippen molar-refractivity contribution >= 4 is 5.91 Å². The second-order valence-electron chi connectivity index (χ2n) is 5.31. The van der Waals surface area contributed by atoms with Gasteiger partial charge in [-0.3, -0.25) is 4.79 Å². The van der Waals surface area contributed by atoms with E-state index in [4.69, 9.17) is 4.74 Å². The third-order valence-corrected chi connectivity index (χ3v) is 3.41. The van der Waals surface area contributed by atoms with Crippen LogP contribution >= 0.6 is 0 Å². The lowest BCUT2D eigenvalue weighted by molar-refractivity contribution is -0.175. The molecular weight excluding hydrogens is 242 g/mol. The summed E-state index contributed by atoms with van der Waals surface area (Å²) in [5.74, 6) is -0.135. The summed E-state index contributed by atoms with van der Waals surface area (Å²) >= 11 is 0. The number of carbonyl (C=O) groups is 1. The molecule has 1 aromatic rings. The van der Waals surface area contributed by atoms with E-state index in [0.717, 1.165) is 0 Å². The van der Waals surface area contributed by atoms with E-state index in [9.17, 15) is 9.90 Å². The molecule has 1 N–H and O–H groups in total. The van der Waals surface area contributed by atoms with Gasteiger partial charge in [0.25, 0.3) is 5.91 Å². The summed E-state index contributed by atoms with van der Waals surface area (Å²) < 4.78 is 5.65. The Morgan fingerprint density at radius 3 is 2.53 bits per heavy atom. The molecular formula is C15H21NO3. The maximum atomic E-state index is 12.4. The smallest absolute Gasteiger partial charge is 0.255 e. The average Bonchev–Trinajstić information content (AvgIpc) is 2.41. The van der Waals surface area contributed by atoms with Crippen LogP contribution in [0.2, 0.25) is 0 Å². The molecule has 3 unspecified atom stereocenters. The first-order chi connectivity index (χ1) is 9.00. The molecule has 1 amide bonds. The Kier molecular flexibility index (Phi) is 4.22. The number of aliphatic hydroxyl groups excluding tert-OH is 1. The van der Waals surface area contributed by atoms with Crippen molar-refractivity contribution in [1.29, 1.82) is 0 Å². The quantitative estimate of drug-likeness (QED) is 0.903. The molecule has 0 bridgehead atoms. The van der Waals surface area contributed by atoms with E-state index in [-0.39, 0.29) is 18.1 Å². The number of benzene rings is 1. The number of hydrogen-bond donors (Lipinski definition) is 1. The Balaban J connectivity index is 2.20. The minimum absolute atomic E-state index is 0.0662. The highest BCUT2D eigenvalue weighted by molar-refractivity contribution is 5.82. The van der Waals surface area contributed by atoms with Crippen LogP contribution < -0.4 is 0 Å². The van der Waals surface area contributed by atoms with Crippen LogP contribution in [0.25, 0.3) is 0 Å². The van der Waals surface area contributed by atoms with Gasteiger partial charge in [0, 0.05) is 12.6 Å². The average molecular weight is 263 g/mol. The first kappa shape index (κ1) is 14.0. The van der Waals surface area contributed by atoms with Crippen LogP contribution in [0.1, 0.15) is 32.4 Å². The van der Waals surface area contributed by atoms with Crippen LogP contribution in [-0.4, -0.2) is 40.7 Å². The predicted octanol–water partition coefficient (Wildman–Crippen LogP) is 1.74. The number of morpholine rings is 1. The molecule has 4 heteroatoms. The van der Waals surface area contributed by atoms with Gasteiger partial charge in [-0.05, 0) is 26.3 Å². The van der Waals surface area contributed by atoms with Gasteiger partial charge in [0.15, 0.2) is 6.10 Å². The fourth-order valence-corrected chi connectivity index (χ4v) is 2.38. The van der Waals surface area contributed by atoms with Gasteiger partial charge < -0.3 is 14.7 Å². The third-order valence-electron chi connectivity index (χ3n) is 3.41. The molecule has 0 aromatic heterocycles. The molecule has 1 aromatic carbocycles. The van der Waals surface area contributed by atoms with E-state index in [1.165, 1.54) is 0 Å². The number of ether oxygens (including phenoxy) is 1. The van der Waals surface area contributed by atoms with Crippen LogP contribution in [0.4, 0.5) is 0 Å². The molecule has 1 saturated heterocycles. The molecule has 1 aliphatic heterocycles. The van der Waals surface area contributed by atoms with E-state index < -0.39 is 12.2 Å². The second kappa shape index (κ2) is 5.72. The number of carbonyl (C=O) groups excluding carboxylic acids is 1. The molecule has 0 radical (unpaired) electrons. The fourth-order valence-electron chi connectivity index (χ4n) is 2.38. The highest BCUT2D eigenvalue weighted by Gasteiger charge is 2.39. The Hall–Kier alpha value is -1.39. The predicted molar refractivity (Wildman–Crippen MR) is 72.6 cm³/mol. The molecule has 19 heavy (non-hydrogen) atoms. The van der Waals surface area contributed by atoms with E-state index in [1.54, 1.807) is 17.0 Å². The van der Waals surface area contributed by atoms with Crippen molar-refractivity contribution in [3.63, 3.8) is 0 Å². The van der Waals surface area contributed by atoms with Crippen LogP contribution in [0, 0.1) is 0 Å². The highest BCUT2D eigenvalue weighted by Crippen LogP contribution is 2.26. The third kappa shape index (κ3) is 2.96. The van der Waals surface area contributed by atoms with Gasteiger partial charge in [-0.25, -0.2) is 0 Å². The number of aliphatic hydroxyl groups is 1. The van der Waals surface area contributed by atoms with E-state index in [2.05, 4.69) is 0 Å². The minimum Gasteiger partial charge on any atom is -0.385 e. The summed E-state index contributed by atoms with van der Waals surface area (Å²) in [6, 6.07) is 9.29. The SMILES string of the molecule is CC1CN(C(C)C)C(=O)C(C(O)c2ccccc2)O1. The molecule has 0 spiro atoms. The normalized spacial score (nSPS) is 25.7. The molecule has 0 aliphatic carbocycles. The van der Waals surface area contributed by atoms with Crippen molar-refractivity contribution in [3.8, 4) is 0 Å². The largest absolute Gasteiger partial charge is 0.385 e. The molecule has 3 atom stereocenters. The number of nitrogens with zero attached hydrogens (tertiary/aromatic N) is 1. The van der Waals surface area contributed by atoms with Crippen molar-refractivity contribution in [1.82, 2.24) is 4.90 Å². The van der Waals surface area contributed by atoms with Gasteiger partial charge in [0.2, 0.25) is 0 Å². The van der Waals surface area contributed by atoms with E-state index in [1.807, 2.05) is 39.0 Å². The monoisotopic (exact) mass is 263 g/mol. The summed E-state index contributed by atoms with van der Waals surface area (Å²) in [5.41, 5.74) is 0.707. The molecule has 0 saturated carbocycles. The Morgan fingerprint density at radius 2 is 1.95 bits per heavy atom. The lowest BCUT2D eigenvalue weighted by atomic mass is 10.0. The van der Waals surface area contributed by atoms with Gasteiger partial charge in [-0.1, -0.05) is 30.3 Å². The van der Waals surface area contributed by atoms with Crippen LogP contribution in [0.5, 0.6) is 0 Å². The van der Waals surface area contributed by atoms with Gasteiger partial charge in [0.1, 0.15) is 6.10 Å². The van der Waals surface area contributed by atoms with Gasteiger partial charge in [-0.15, -0.1) is 0 Å². The van der Waals surface area contributed by atoms with Crippen LogP contribution in [0.15, 0.2) is 30.3 Å². The second-order valence-corrected chi connectivity index (χ2v) is 5.31. The summed E-state index contributed by atoms with van der Waals surface area (Å²) in [5, 5.41) is 10.4. The first-order valence-electron chi connectivity index (χ1n) is 6.69. The van der Waals surface area contributed by atoms with E-state index in [0.29, 0.717) is 12.1 Å². The highest BCUT2D eigenvalue weighted by atomic mass is 16.5. The topological polar surface area (TPSA) is 49.8 Å². The Bertz CT molecular complexity index is 432. The lowest BCUT2D eigenvalue weighted by Crippen LogP contribution is -2.55. The summed E-state index contributed by atoms with van der Waals surface area (Å²) in [6.45, 7) is 6.45. The number of hydrogen-bond acceptors (Lipinski definition) is 3. The van der Waals surface area contributed by atoms with Crippen molar-refractivity contribution in [2.24, 2.45) is 0 Å². The zero-order valence-electron chi connectivity index (χ0n) is 11.6. The molecule has 4 nitrogen and oxygen atoms in total. The summed E-state index contributed by atoms with van der Waals surface area (Å²) in [7, 11) is 0. The molecule has 1 fully saturated rings. The van der Waals surface area contributed by atoms with Crippen molar-refractivity contribution < 1.29 is 14.6 Å². The zero-order chi connectivity index (χ0) is 14.0.